The Morgan fingerprint density at radius 2 is 2.25 bits per heavy atom. The van der Waals surface area contributed by atoms with Crippen LogP contribution < -0.4 is 10.2 Å². The number of thiocarbonyl (C=S) groups is 1. The van der Waals surface area contributed by atoms with Gasteiger partial charge in [-0.3, -0.25) is 0 Å². The summed E-state index contributed by atoms with van der Waals surface area (Å²) in [4.78, 5) is 2.27. The van der Waals surface area contributed by atoms with Crippen LogP contribution in [0.1, 0.15) is 31.7 Å². The van der Waals surface area contributed by atoms with Crippen LogP contribution in [0.5, 0.6) is 0 Å². The maximum absolute atomic E-state index is 5.65. The van der Waals surface area contributed by atoms with E-state index in [4.69, 9.17) is 17.0 Å². The van der Waals surface area contributed by atoms with Crippen LogP contribution in [-0.4, -0.2) is 30.4 Å². The molecule has 2 heterocycles. The number of ether oxygens (including phenoxy) is 1. The van der Waals surface area contributed by atoms with Gasteiger partial charge in [0.05, 0.1) is 6.10 Å². The summed E-state index contributed by atoms with van der Waals surface area (Å²) in [6, 6.07) is 9.03. The fourth-order valence-electron chi connectivity index (χ4n) is 3.09. The van der Waals surface area contributed by atoms with Crippen molar-refractivity contribution in [3.63, 3.8) is 0 Å². The van der Waals surface area contributed by atoms with Gasteiger partial charge >= 0.3 is 0 Å². The minimum absolute atomic E-state index is 0.322. The SMILES string of the molecule is C[C@@H]1CCc2ccccc2N1C(=S)NC[C@H]1CCCO1. The van der Waals surface area contributed by atoms with Crippen molar-refractivity contribution in [3.8, 4) is 0 Å². The highest BCUT2D eigenvalue weighted by molar-refractivity contribution is 7.80. The van der Waals surface area contributed by atoms with Crippen molar-refractivity contribution in [2.45, 2.75) is 44.8 Å². The Morgan fingerprint density at radius 3 is 3.05 bits per heavy atom. The first-order chi connectivity index (χ1) is 9.75. The lowest BCUT2D eigenvalue weighted by molar-refractivity contribution is 0.114. The predicted molar refractivity (Wildman–Crippen MR) is 86.3 cm³/mol. The van der Waals surface area contributed by atoms with E-state index in [-0.39, 0.29) is 0 Å². The van der Waals surface area contributed by atoms with Crippen molar-refractivity contribution < 1.29 is 4.74 Å². The molecule has 4 heteroatoms. The fraction of sp³-hybridized carbons (Fsp3) is 0.562. The molecule has 2 aliphatic rings. The quantitative estimate of drug-likeness (QED) is 0.847. The molecule has 0 spiro atoms. The largest absolute Gasteiger partial charge is 0.376 e. The van der Waals surface area contributed by atoms with E-state index in [2.05, 4.69) is 41.4 Å². The lowest BCUT2D eigenvalue weighted by Gasteiger charge is -2.37. The van der Waals surface area contributed by atoms with Gasteiger partial charge in [0.15, 0.2) is 5.11 Å². The molecular weight excluding hydrogens is 268 g/mol. The highest BCUT2D eigenvalue weighted by Gasteiger charge is 2.26. The topological polar surface area (TPSA) is 24.5 Å². The maximum Gasteiger partial charge on any atom is 0.173 e. The first kappa shape index (κ1) is 13.8. The first-order valence-electron chi connectivity index (χ1n) is 7.52. The number of rotatable bonds is 2. The standard InChI is InChI=1S/C16H22N2OS/c1-12-8-9-13-5-2-3-7-15(13)18(12)16(20)17-11-14-6-4-10-19-14/h2-3,5,7,12,14H,4,6,8-11H2,1H3,(H,17,20)/t12-,14-/m1/s1. The molecule has 1 fully saturated rings. The highest BCUT2D eigenvalue weighted by atomic mass is 32.1. The zero-order valence-corrected chi connectivity index (χ0v) is 12.8. The summed E-state index contributed by atoms with van der Waals surface area (Å²) in [6.45, 7) is 3.96. The number of hydrogen-bond acceptors (Lipinski definition) is 2. The average molecular weight is 290 g/mol. The Morgan fingerprint density at radius 1 is 1.40 bits per heavy atom. The van der Waals surface area contributed by atoms with Crippen LogP contribution in [0.15, 0.2) is 24.3 Å². The van der Waals surface area contributed by atoms with Gasteiger partial charge < -0.3 is 15.0 Å². The van der Waals surface area contributed by atoms with Gasteiger partial charge in [0.2, 0.25) is 0 Å². The molecule has 0 aromatic heterocycles. The summed E-state index contributed by atoms with van der Waals surface area (Å²) < 4.78 is 5.65. The number of benzene rings is 1. The number of hydrogen-bond donors (Lipinski definition) is 1. The van der Waals surface area contributed by atoms with Crippen LogP contribution >= 0.6 is 12.2 Å². The van der Waals surface area contributed by atoms with Crippen molar-refractivity contribution >= 4 is 23.0 Å². The molecule has 0 saturated carbocycles. The number of nitrogens with zero attached hydrogens (tertiary/aromatic N) is 1. The highest BCUT2D eigenvalue weighted by Crippen LogP contribution is 2.30. The smallest absolute Gasteiger partial charge is 0.173 e. The van der Waals surface area contributed by atoms with Crippen molar-refractivity contribution in [3.05, 3.63) is 29.8 Å². The molecular formula is C16H22N2OS. The zero-order chi connectivity index (χ0) is 13.9. The van der Waals surface area contributed by atoms with Gasteiger partial charge in [-0.05, 0) is 56.5 Å². The van der Waals surface area contributed by atoms with E-state index in [9.17, 15) is 0 Å². The van der Waals surface area contributed by atoms with Gasteiger partial charge in [-0.25, -0.2) is 0 Å². The van der Waals surface area contributed by atoms with E-state index in [1.807, 2.05) is 0 Å². The van der Waals surface area contributed by atoms with Crippen molar-refractivity contribution in [1.82, 2.24) is 5.32 Å². The molecule has 1 aromatic rings. The minimum Gasteiger partial charge on any atom is -0.376 e. The normalized spacial score (nSPS) is 25.4. The van der Waals surface area contributed by atoms with E-state index < -0.39 is 0 Å². The van der Waals surface area contributed by atoms with E-state index in [1.54, 1.807) is 0 Å². The lowest BCUT2D eigenvalue weighted by Crippen LogP contribution is -2.49. The van der Waals surface area contributed by atoms with Crippen LogP contribution in [0.4, 0.5) is 5.69 Å². The molecule has 1 N–H and O–H groups in total. The Kier molecular flexibility index (Phi) is 4.22. The van der Waals surface area contributed by atoms with Crippen LogP contribution in [0, 0.1) is 0 Å². The van der Waals surface area contributed by atoms with Crippen LogP contribution in [0.3, 0.4) is 0 Å². The third-order valence-corrected chi connectivity index (χ3v) is 4.59. The third-order valence-electron chi connectivity index (χ3n) is 4.25. The number of aryl methyl sites for hydroxylation is 1. The summed E-state index contributed by atoms with van der Waals surface area (Å²) in [7, 11) is 0. The van der Waals surface area contributed by atoms with E-state index in [1.165, 1.54) is 17.7 Å². The number of fused-ring (bicyclic) bond motifs is 1. The number of anilines is 1. The van der Waals surface area contributed by atoms with E-state index >= 15 is 0 Å². The summed E-state index contributed by atoms with van der Waals surface area (Å²) in [5.41, 5.74) is 2.66. The maximum atomic E-state index is 5.65. The van der Waals surface area contributed by atoms with Crippen LogP contribution in [0.2, 0.25) is 0 Å². The summed E-state index contributed by atoms with van der Waals surface area (Å²) in [6.07, 6.45) is 4.92. The Hall–Kier alpha value is -1.13. The third kappa shape index (κ3) is 2.81. The molecule has 0 amide bonds. The fourth-order valence-corrected chi connectivity index (χ4v) is 3.45. The molecule has 20 heavy (non-hydrogen) atoms. The van der Waals surface area contributed by atoms with E-state index in [0.29, 0.717) is 12.1 Å². The van der Waals surface area contributed by atoms with Gasteiger partial charge in [-0.1, -0.05) is 18.2 Å². The Balaban J connectivity index is 1.69. The first-order valence-corrected chi connectivity index (χ1v) is 7.93. The van der Waals surface area contributed by atoms with Gasteiger partial charge in [-0.15, -0.1) is 0 Å². The zero-order valence-electron chi connectivity index (χ0n) is 12.0. The Bertz CT molecular complexity index is 485. The molecule has 1 saturated heterocycles. The summed E-state index contributed by atoms with van der Waals surface area (Å²) in [5.74, 6) is 0. The Labute approximate surface area is 126 Å². The predicted octanol–water partition coefficient (Wildman–Crippen LogP) is 2.88. The number of para-hydroxylation sites is 1. The molecule has 0 radical (unpaired) electrons. The van der Waals surface area contributed by atoms with Crippen molar-refractivity contribution in [1.29, 1.82) is 0 Å². The summed E-state index contributed by atoms with van der Waals surface area (Å²) >= 11 is 5.62. The molecule has 0 bridgehead atoms. The minimum atomic E-state index is 0.322. The molecule has 3 nitrogen and oxygen atoms in total. The second kappa shape index (κ2) is 6.10. The molecule has 108 valence electrons. The summed E-state index contributed by atoms with van der Waals surface area (Å²) in [5, 5.41) is 4.23. The van der Waals surface area contributed by atoms with Crippen molar-refractivity contribution in [2.24, 2.45) is 0 Å². The van der Waals surface area contributed by atoms with E-state index in [0.717, 1.165) is 37.5 Å². The second-order valence-corrected chi connectivity index (χ2v) is 6.09. The van der Waals surface area contributed by atoms with Gasteiger partial charge in [0.25, 0.3) is 0 Å². The van der Waals surface area contributed by atoms with Crippen LogP contribution in [-0.2, 0) is 11.2 Å². The molecule has 1 aromatic carbocycles. The monoisotopic (exact) mass is 290 g/mol. The molecule has 0 unspecified atom stereocenters. The molecule has 3 rings (SSSR count). The second-order valence-electron chi connectivity index (χ2n) is 5.71. The van der Waals surface area contributed by atoms with Gasteiger partial charge in [-0.2, -0.15) is 0 Å². The van der Waals surface area contributed by atoms with Gasteiger partial charge in [0, 0.05) is 24.9 Å². The van der Waals surface area contributed by atoms with Gasteiger partial charge in [0.1, 0.15) is 0 Å². The molecule has 2 atom stereocenters. The number of nitrogens with one attached hydrogen (secondary N) is 1. The molecule has 2 aliphatic heterocycles. The lowest BCUT2D eigenvalue weighted by atomic mass is 9.97. The molecule has 0 aliphatic carbocycles. The average Bonchev–Trinajstić information content (AvgIpc) is 2.98. The van der Waals surface area contributed by atoms with Crippen LogP contribution in [0.25, 0.3) is 0 Å². The van der Waals surface area contributed by atoms with Crippen molar-refractivity contribution in [2.75, 3.05) is 18.1 Å².